The molecule has 0 unspecified atom stereocenters. The number of nitrogens with zero attached hydrogens (tertiary/aromatic N) is 2. The van der Waals surface area contributed by atoms with E-state index in [1.807, 2.05) is 60.7 Å². The molecule has 136 valence electrons. The third-order valence-corrected chi connectivity index (χ3v) is 4.42. The van der Waals surface area contributed by atoms with Crippen molar-refractivity contribution in [3.8, 4) is 11.3 Å². The molecule has 6 heteroatoms. The van der Waals surface area contributed by atoms with Crippen molar-refractivity contribution < 1.29 is 4.79 Å². The minimum Gasteiger partial charge on any atom is -0.368 e. The number of anilines is 2. The number of benzene rings is 2. The summed E-state index contributed by atoms with van der Waals surface area (Å²) in [4.78, 5) is 20.7. The lowest BCUT2D eigenvalue weighted by Crippen LogP contribution is -2.25. The average molecular weight is 359 g/mol. The number of rotatable bonds is 6. The lowest BCUT2D eigenvalue weighted by molar-refractivity contribution is 0.0951. The molecule has 1 heterocycles. The van der Waals surface area contributed by atoms with Gasteiger partial charge < -0.3 is 16.4 Å². The van der Waals surface area contributed by atoms with Gasteiger partial charge in [-0.1, -0.05) is 42.5 Å². The van der Waals surface area contributed by atoms with Crippen molar-refractivity contribution in [3.63, 3.8) is 0 Å². The summed E-state index contributed by atoms with van der Waals surface area (Å²) in [6, 6.07) is 19.7. The van der Waals surface area contributed by atoms with Crippen LogP contribution < -0.4 is 16.4 Å². The lowest BCUT2D eigenvalue weighted by atomic mass is 10.1. The smallest absolute Gasteiger partial charge is 0.251 e. The van der Waals surface area contributed by atoms with Crippen molar-refractivity contribution in [2.24, 2.45) is 0 Å². The predicted molar refractivity (Wildman–Crippen MR) is 106 cm³/mol. The zero-order chi connectivity index (χ0) is 18.6. The minimum absolute atomic E-state index is 0.0310. The number of carbonyl (C=O) groups excluding carboxylic acids is 1. The van der Waals surface area contributed by atoms with E-state index in [0.717, 1.165) is 24.0 Å². The van der Waals surface area contributed by atoms with Gasteiger partial charge in [0, 0.05) is 29.8 Å². The first-order chi connectivity index (χ1) is 13.2. The molecule has 0 bridgehead atoms. The largest absolute Gasteiger partial charge is 0.368 e. The third kappa shape index (κ3) is 4.41. The van der Waals surface area contributed by atoms with Gasteiger partial charge in [0.05, 0.1) is 5.69 Å². The summed E-state index contributed by atoms with van der Waals surface area (Å²) in [6.45, 7) is 0.650. The maximum absolute atomic E-state index is 12.1. The van der Waals surface area contributed by atoms with Crippen LogP contribution in [0.1, 0.15) is 28.8 Å². The van der Waals surface area contributed by atoms with Crippen molar-refractivity contribution in [2.45, 2.75) is 25.4 Å². The van der Waals surface area contributed by atoms with Crippen molar-refractivity contribution in [3.05, 3.63) is 71.8 Å². The highest BCUT2D eigenvalue weighted by Crippen LogP contribution is 2.23. The number of aromatic nitrogens is 2. The van der Waals surface area contributed by atoms with E-state index in [1.54, 1.807) is 0 Å². The molecule has 1 saturated carbocycles. The highest BCUT2D eigenvalue weighted by atomic mass is 16.1. The van der Waals surface area contributed by atoms with E-state index in [4.69, 9.17) is 5.73 Å². The number of nitrogens with one attached hydrogen (secondary N) is 2. The van der Waals surface area contributed by atoms with Crippen LogP contribution in [0.3, 0.4) is 0 Å². The first-order valence-electron chi connectivity index (χ1n) is 9.01. The zero-order valence-electron chi connectivity index (χ0n) is 14.9. The van der Waals surface area contributed by atoms with Crippen LogP contribution in [0.25, 0.3) is 11.3 Å². The minimum atomic E-state index is -0.0310. The van der Waals surface area contributed by atoms with Crippen molar-refractivity contribution >= 4 is 17.7 Å². The number of amides is 1. The van der Waals surface area contributed by atoms with Crippen LogP contribution in [0.5, 0.6) is 0 Å². The summed E-state index contributed by atoms with van der Waals surface area (Å²) in [6.07, 6.45) is 2.14. The fourth-order valence-corrected chi connectivity index (χ4v) is 2.78. The Balaban J connectivity index is 1.49. The Bertz CT molecular complexity index is 937. The first-order valence-corrected chi connectivity index (χ1v) is 9.01. The molecule has 1 aliphatic carbocycles. The molecule has 1 aromatic heterocycles. The Labute approximate surface area is 157 Å². The predicted octanol–water partition coefficient (Wildman–Crippen LogP) is 3.23. The van der Waals surface area contributed by atoms with Gasteiger partial charge in [0.15, 0.2) is 0 Å². The third-order valence-electron chi connectivity index (χ3n) is 4.42. The van der Waals surface area contributed by atoms with Crippen LogP contribution >= 0.6 is 0 Å². The molecule has 27 heavy (non-hydrogen) atoms. The number of hydrogen-bond donors (Lipinski definition) is 3. The van der Waals surface area contributed by atoms with Crippen molar-refractivity contribution in [1.29, 1.82) is 0 Å². The number of nitrogens with two attached hydrogens (primary N) is 1. The Hall–Kier alpha value is -3.41. The topological polar surface area (TPSA) is 92.9 Å². The molecule has 3 aromatic rings. The van der Waals surface area contributed by atoms with E-state index in [2.05, 4.69) is 20.6 Å². The van der Waals surface area contributed by atoms with Crippen LogP contribution in [0.15, 0.2) is 60.7 Å². The molecule has 1 amide bonds. The molecule has 2 aromatic carbocycles. The molecule has 0 aliphatic heterocycles. The second-order valence-corrected chi connectivity index (χ2v) is 6.66. The molecule has 0 radical (unpaired) electrons. The summed E-state index contributed by atoms with van der Waals surface area (Å²) < 4.78 is 0. The molecule has 0 spiro atoms. The second kappa shape index (κ2) is 7.45. The Kier molecular flexibility index (Phi) is 4.70. The van der Waals surface area contributed by atoms with Gasteiger partial charge in [-0.2, -0.15) is 4.98 Å². The van der Waals surface area contributed by atoms with Crippen LogP contribution in [-0.2, 0) is 6.54 Å². The second-order valence-electron chi connectivity index (χ2n) is 6.66. The molecule has 0 atom stereocenters. The highest BCUT2D eigenvalue weighted by molar-refractivity contribution is 5.95. The molecule has 0 saturated heterocycles. The maximum Gasteiger partial charge on any atom is 0.251 e. The van der Waals surface area contributed by atoms with Gasteiger partial charge in [0.25, 0.3) is 5.91 Å². The van der Waals surface area contributed by atoms with E-state index in [0.29, 0.717) is 29.7 Å². The molecule has 1 fully saturated rings. The number of carbonyl (C=O) groups is 1. The van der Waals surface area contributed by atoms with Gasteiger partial charge in [-0.3, -0.25) is 4.79 Å². The fraction of sp³-hybridized carbons (Fsp3) is 0.190. The van der Waals surface area contributed by atoms with Gasteiger partial charge in [-0.15, -0.1) is 0 Å². The quantitative estimate of drug-likeness (QED) is 0.628. The van der Waals surface area contributed by atoms with Gasteiger partial charge in [-0.25, -0.2) is 4.98 Å². The van der Waals surface area contributed by atoms with E-state index >= 15 is 0 Å². The van der Waals surface area contributed by atoms with Crippen molar-refractivity contribution in [1.82, 2.24) is 15.3 Å². The van der Waals surface area contributed by atoms with Crippen LogP contribution in [0.4, 0.5) is 11.8 Å². The monoisotopic (exact) mass is 359 g/mol. The first kappa shape index (κ1) is 17.0. The summed E-state index contributed by atoms with van der Waals surface area (Å²) in [5, 5.41) is 6.26. The van der Waals surface area contributed by atoms with Crippen LogP contribution in [0.2, 0.25) is 0 Å². The Morgan fingerprint density at radius 1 is 1.04 bits per heavy atom. The SMILES string of the molecule is Nc1nc(NCc2ccccc2)cc(-c2ccc(C(=O)NC3CC3)cc2)n1. The highest BCUT2D eigenvalue weighted by Gasteiger charge is 2.23. The van der Waals surface area contributed by atoms with Gasteiger partial charge in [0.1, 0.15) is 5.82 Å². The zero-order valence-corrected chi connectivity index (χ0v) is 14.9. The standard InChI is InChI=1S/C21H21N5O/c22-21-25-18(12-19(26-21)23-13-14-4-2-1-3-5-14)15-6-8-16(9-7-15)20(27)24-17-10-11-17/h1-9,12,17H,10-11,13H2,(H,24,27)(H3,22,23,25,26). The maximum atomic E-state index is 12.1. The van der Waals surface area contributed by atoms with E-state index in [9.17, 15) is 4.79 Å². The lowest BCUT2D eigenvalue weighted by Gasteiger charge is -2.09. The molecular weight excluding hydrogens is 338 g/mol. The molecule has 1 aliphatic rings. The summed E-state index contributed by atoms with van der Waals surface area (Å²) in [7, 11) is 0. The van der Waals surface area contributed by atoms with Crippen molar-refractivity contribution in [2.75, 3.05) is 11.1 Å². The molecule has 4 rings (SSSR count). The van der Waals surface area contributed by atoms with Gasteiger partial charge >= 0.3 is 0 Å². The fourth-order valence-electron chi connectivity index (χ4n) is 2.78. The Morgan fingerprint density at radius 3 is 2.48 bits per heavy atom. The number of nitrogen functional groups attached to an aromatic ring is 1. The van der Waals surface area contributed by atoms with Crippen LogP contribution in [0, 0.1) is 0 Å². The summed E-state index contributed by atoms with van der Waals surface area (Å²) in [5.41, 5.74) is 9.28. The summed E-state index contributed by atoms with van der Waals surface area (Å²) >= 11 is 0. The van der Waals surface area contributed by atoms with Crippen LogP contribution in [-0.4, -0.2) is 21.9 Å². The number of hydrogen-bond acceptors (Lipinski definition) is 5. The van der Waals surface area contributed by atoms with E-state index in [1.165, 1.54) is 0 Å². The van der Waals surface area contributed by atoms with Gasteiger partial charge in [-0.05, 0) is 30.5 Å². The normalized spacial score (nSPS) is 13.2. The molecule has 6 nitrogen and oxygen atoms in total. The average Bonchev–Trinajstić information content (AvgIpc) is 3.51. The van der Waals surface area contributed by atoms with E-state index < -0.39 is 0 Å². The Morgan fingerprint density at radius 2 is 1.78 bits per heavy atom. The molecule has 4 N–H and O–H groups in total. The van der Waals surface area contributed by atoms with E-state index in [-0.39, 0.29) is 11.9 Å². The molecular formula is C21H21N5O. The summed E-state index contributed by atoms with van der Waals surface area (Å²) in [5.74, 6) is 0.840. The van der Waals surface area contributed by atoms with Gasteiger partial charge in [0.2, 0.25) is 5.95 Å².